The smallest absolute Gasteiger partial charge is 0.137 e. The Morgan fingerprint density at radius 3 is 3.06 bits per heavy atom. The fourth-order valence-electron chi connectivity index (χ4n) is 1.87. The minimum absolute atomic E-state index is 0.222. The van der Waals surface area contributed by atoms with Crippen LogP contribution < -0.4 is 5.32 Å². The predicted molar refractivity (Wildman–Crippen MR) is 66.3 cm³/mol. The molecule has 0 amide bonds. The molecule has 0 radical (unpaired) electrons. The molecule has 2 nitrogen and oxygen atoms in total. The maximum atomic E-state index is 13.2. The van der Waals surface area contributed by atoms with E-state index in [4.69, 9.17) is 4.74 Å². The van der Waals surface area contributed by atoms with Crippen molar-refractivity contribution in [3.05, 3.63) is 28.0 Å². The minimum Gasteiger partial charge on any atom is -0.382 e. The molecule has 88 valence electrons. The van der Waals surface area contributed by atoms with Crippen LogP contribution in [0, 0.1) is 12.7 Å². The minimum atomic E-state index is -0.222. The zero-order valence-corrected chi connectivity index (χ0v) is 10.8. The van der Waals surface area contributed by atoms with Gasteiger partial charge in [0.2, 0.25) is 0 Å². The van der Waals surface area contributed by atoms with Gasteiger partial charge < -0.3 is 10.1 Å². The molecule has 0 saturated carbocycles. The maximum absolute atomic E-state index is 13.2. The Labute approximate surface area is 103 Å². The first kappa shape index (κ1) is 11.9. The van der Waals surface area contributed by atoms with Gasteiger partial charge in [-0.25, -0.2) is 4.39 Å². The van der Waals surface area contributed by atoms with Gasteiger partial charge in [-0.1, -0.05) is 0 Å². The van der Waals surface area contributed by atoms with Crippen LogP contribution >= 0.6 is 15.9 Å². The van der Waals surface area contributed by atoms with E-state index in [9.17, 15) is 4.39 Å². The number of nitrogens with one attached hydrogen (secondary N) is 1. The van der Waals surface area contributed by atoms with Crippen LogP contribution in [0.3, 0.4) is 0 Å². The number of anilines is 1. The largest absolute Gasteiger partial charge is 0.382 e. The van der Waals surface area contributed by atoms with Crippen molar-refractivity contribution in [2.24, 2.45) is 0 Å². The van der Waals surface area contributed by atoms with Crippen molar-refractivity contribution in [2.75, 3.05) is 18.5 Å². The second-order valence-corrected chi connectivity index (χ2v) is 4.95. The van der Waals surface area contributed by atoms with Crippen molar-refractivity contribution in [2.45, 2.75) is 25.9 Å². The van der Waals surface area contributed by atoms with E-state index in [1.807, 2.05) is 6.92 Å². The van der Waals surface area contributed by atoms with Crippen LogP contribution in [-0.2, 0) is 4.74 Å². The van der Waals surface area contributed by atoms with E-state index in [1.54, 1.807) is 6.07 Å². The molecule has 2 rings (SSSR count). The third-order valence-electron chi connectivity index (χ3n) is 2.81. The molecule has 1 atom stereocenters. The van der Waals surface area contributed by atoms with Gasteiger partial charge in [-0.3, -0.25) is 0 Å². The number of benzene rings is 1. The molecular formula is C12H15BrFNO. The van der Waals surface area contributed by atoms with Gasteiger partial charge in [-0.15, -0.1) is 0 Å². The Hall–Kier alpha value is -0.610. The summed E-state index contributed by atoms with van der Waals surface area (Å²) in [7, 11) is 0. The van der Waals surface area contributed by atoms with Gasteiger partial charge in [0, 0.05) is 18.8 Å². The van der Waals surface area contributed by atoms with E-state index >= 15 is 0 Å². The molecule has 1 aliphatic rings. The Morgan fingerprint density at radius 2 is 2.38 bits per heavy atom. The van der Waals surface area contributed by atoms with E-state index in [2.05, 4.69) is 21.2 Å². The summed E-state index contributed by atoms with van der Waals surface area (Å²) in [5.41, 5.74) is 1.88. The highest BCUT2D eigenvalue weighted by Gasteiger charge is 2.15. The monoisotopic (exact) mass is 287 g/mol. The maximum Gasteiger partial charge on any atom is 0.137 e. The van der Waals surface area contributed by atoms with Crippen LogP contribution in [0.15, 0.2) is 16.6 Å². The molecule has 0 spiro atoms. The molecule has 1 unspecified atom stereocenters. The first-order chi connectivity index (χ1) is 7.66. The molecule has 1 aromatic rings. The molecule has 1 heterocycles. The van der Waals surface area contributed by atoms with Crippen molar-refractivity contribution >= 4 is 21.6 Å². The quantitative estimate of drug-likeness (QED) is 0.919. The first-order valence-electron chi connectivity index (χ1n) is 5.48. The molecule has 1 saturated heterocycles. The third-order valence-corrected chi connectivity index (χ3v) is 3.42. The number of hydrogen-bond acceptors (Lipinski definition) is 2. The lowest BCUT2D eigenvalue weighted by atomic mass is 10.2. The Morgan fingerprint density at radius 1 is 1.56 bits per heavy atom. The lowest BCUT2D eigenvalue weighted by Crippen LogP contribution is -2.18. The average Bonchev–Trinajstić information content (AvgIpc) is 2.74. The summed E-state index contributed by atoms with van der Waals surface area (Å²) < 4.78 is 19.2. The second kappa shape index (κ2) is 5.15. The van der Waals surface area contributed by atoms with Crippen molar-refractivity contribution < 1.29 is 9.13 Å². The lowest BCUT2D eigenvalue weighted by molar-refractivity contribution is 0.120. The van der Waals surface area contributed by atoms with E-state index in [1.165, 1.54) is 6.07 Å². The van der Waals surface area contributed by atoms with Gasteiger partial charge in [0.15, 0.2) is 0 Å². The second-order valence-electron chi connectivity index (χ2n) is 4.10. The van der Waals surface area contributed by atoms with Gasteiger partial charge in [-0.05, 0) is 53.4 Å². The van der Waals surface area contributed by atoms with Crippen molar-refractivity contribution in [3.8, 4) is 0 Å². The van der Waals surface area contributed by atoms with Crippen LogP contribution in [0.1, 0.15) is 18.4 Å². The molecule has 1 aliphatic heterocycles. The molecule has 16 heavy (non-hydrogen) atoms. The summed E-state index contributed by atoms with van der Waals surface area (Å²) in [6, 6.07) is 3.31. The van der Waals surface area contributed by atoms with E-state index in [-0.39, 0.29) is 5.82 Å². The highest BCUT2D eigenvalue weighted by atomic mass is 79.9. The Kier molecular flexibility index (Phi) is 3.82. The number of halogens is 2. The topological polar surface area (TPSA) is 21.3 Å². The van der Waals surface area contributed by atoms with Crippen molar-refractivity contribution in [1.82, 2.24) is 0 Å². The normalized spacial score (nSPS) is 20.1. The summed E-state index contributed by atoms with van der Waals surface area (Å²) in [6.07, 6.45) is 2.54. The summed E-state index contributed by atoms with van der Waals surface area (Å²) in [6.45, 7) is 3.55. The van der Waals surface area contributed by atoms with Crippen LogP contribution in [0.5, 0.6) is 0 Å². The fourth-order valence-corrected chi connectivity index (χ4v) is 2.21. The van der Waals surface area contributed by atoms with E-state index in [0.29, 0.717) is 10.6 Å². The van der Waals surface area contributed by atoms with Gasteiger partial charge in [-0.2, -0.15) is 0 Å². The van der Waals surface area contributed by atoms with E-state index in [0.717, 1.165) is 37.2 Å². The number of aryl methyl sites for hydroxylation is 1. The molecule has 0 aliphatic carbocycles. The number of hydrogen-bond donors (Lipinski definition) is 1. The van der Waals surface area contributed by atoms with Gasteiger partial charge in [0.25, 0.3) is 0 Å². The van der Waals surface area contributed by atoms with Crippen LogP contribution in [-0.4, -0.2) is 19.3 Å². The van der Waals surface area contributed by atoms with Gasteiger partial charge >= 0.3 is 0 Å². The Bertz CT molecular complexity index is 378. The van der Waals surface area contributed by atoms with Crippen molar-refractivity contribution in [1.29, 1.82) is 0 Å². The predicted octanol–water partition coefficient (Wildman–Crippen LogP) is 3.49. The summed E-state index contributed by atoms with van der Waals surface area (Å²) in [4.78, 5) is 0. The molecule has 0 bridgehead atoms. The average molecular weight is 288 g/mol. The lowest BCUT2D eigenvalue weighted by Gasteiger charge is -2.14. The molecule has 1 aromatic carbocycles. The Balaban J connectivity index is 2.00. The van der Waals surface area contributed by atoms with Crippen molar-refractivity contribution in [3.63, 3.8) is 0 Å². The highest BCUT2D eigenvalue weighted by Crippen LogP contribution is 2.24. The molecule has 0 aromatic heterocycles. The zero-order chi connectivity index (χ0) is 11.5. The molecule has 1 fully saturated rings. The summed E-state index contributed by atoms with van der Waals surface area (Å²) in [5, 5.41) is 3.30. The van der Waals surface area contributed by atoms with Crippen LogP contribution in [0.25, 0.3) is 0 Å². The molecule has 1 N–H and O–H groups in total. The molecule has 4 heteroatoms. The summed E-state index contributed by atoms with van der Waals surface area (Å²) >= 11 is 3.19. The fraction of sp³-hybridized carbons (Fsp3) is 0.500. The first-order valence-corrected chi connectivity index (χ1v) is 6.27. The van der Waals surface area contributed by atoms with Gasteiger partial charge in [0.05, 0.1) is 10.6 Å². The highest BCUT2D eigenvalue weighted by molar-refractivity contribution is 9.10. The van der Waals surface area contributed by atoms with Gasteiger partial charge in [0.1, 0.15) is 5.82 Å². The van der Waals surface area contributed by atoms with E-state index < -0.39 is 0 Å². The standard InChI is InChI=1S/C12H15BrFNO/c1-8-5-11(14)10(13)6-12(8)15-7-9-3-2-4-16-9/h5-6,9,15H,2-4,7H2,1H3. The molecular weight excluding hydrogens is 273 g/mol. The van der Waals surface area contributed by atoms with Crippen LogP contribution in [0.2, 0.25) is 0 Å². The number of rotatable bonds is 3. The van der Waals surface area contributed by atoms with Crippen LogP contribution in [0.4, 0.5) is 10.1 Å². The zero-order valence-electron chi connectivity index (χ0n) is 9.22. The third kappa shape index (κ3) is 2.74. The summed E-state index contributed by atoms with van der Waals surface area (Å²) in [5.74, 6) is -0.222. The SMILES string of the molecule is Cc1cc(F)c(Br)cc1NCC1CCCO1. The number of ether oxygens (including phenoxy) is 1.